The number of imide groups is 1. The molecule has 2 aliphatic rings. The van der Waals surface area contributed by atoms with Crippen molar-refractivity contribution in [2.45, 2.75) is 38.3 Å². The van der Waals surface area contributed by atoms with Crippen molar-refractivity contribution in [2.75, 3.05) is 25.1 Å². The maximum atomic E-state index is 13.5. The molecule has 186 valence electrons. The minimum Gasteiger partial charge on any atom is -0.497 e. The van der Waals surface area contributed by atoms with Crippen LogP contribution in [0, 0.1) is 5.92 Å². The minimum absolute atomic E-state index is 0.0871. The second-order valence-electron chi connectivity index (χ2n) is 9.35. The molecule has 2 saturated heterocycles. The van der Waals surface area contributed by atoms with E-state index >= 15 is 0 Å². The third kappa shape index (κ3) is 4.48. The van der Waals surface area contributed by atoms with Gasteiger partial charge < -0.3 is 14.4 Å². The highest BCUT2D eigenvalue weighted by Gasteiger charge is 2.36. The number of anilines is 1. The van der Waals surface area contributed by atoms with Gasteiger partial charge in [-0.05, 0) is 49.1 Å². The number of ether oxygens (including phenoxy) is 1. The van der Waals surface area contributed by atoms with E-state index in [4.69, 9.17) is 4.74 Å². The molecule has 0 bridgehead atoms. The van der Waals surface area contributed by atoms with Crippen LogP contribution < -0.4 is 15.2 Å². The summed E-state index contributed by atoms with van der Waals surface area (Å²) in [6.07, 6.45) is 4.58. The Kier molecular flexibility index (Phi) is 6.54. The molecule has 9 nitrogen and oxygen atoms in total. The van der Waals surface area contributed by atoms with Crippen LogP contribution in [0.3, 0.4) is 0 Å². The van der Waals surface area contributed by atoms with Gasteiger partial charge in [-0.2, -0.15) is 5.10 Å². The zero-order chi connectivity index (χ0) is 25.2. The molecule has 0 aliphatic carbocycles. The lowest BCUT2D eigenvalue weighted by Crippen LogP contribution is -2.47. The summed E-state index contributed by atoms with van der Waals surface area (Å²) in [5.74, 6) is 0.0846. The molecule has 2 fully saturated rings. The fraction of sp³-hybridized carbons (Fsp3) is 0.370. The van der Waals surface area contributed by atoms with Crippen LogP contribution >= 0.6 is 0 Å². The number of rotatable bonds is 6. The van der Waals surface area contributed by atoms with Crippen LogP contribution in [0.4, 0.5) is 5.69 Å². The number of amides is 2. The monoisotopic (exact) mass is 488 g/mol. The van der Waals surface area contributed by atoms with Crippen molar-refractivity contribution < 1.29 is 19.1 Å². The van der Waals surface area contributed by atoms with Gasteiger partial charge in [0.15, 0.2) is 0 Å². The predicted octanol–water partition coefficient (Wildman–Crippen LogP) is 2.71. The number of nitrogens with zero attached hydrogens (tertiary/aromatic N) is 4. The Labute approximate surface area is 208 Å². The molecule has 5 rings (SSSR count). The summed E-state index contributed by atoms with van der Waals surface area (Å²) in [6.45, 7) is 1.62. The second-order valence-corrected chi connectivity index (χ2v) is 9.35. The van der Waals surface area contributed by atoms with E-state index < -0.39 is 11.9 Å². The fourth-order valence-corrected chi connectivity index (χ4v) is 4.98. The Morgan fingerprint density at radius 2 is 1.78 bits per heavy atom. The number of carbonyl (C=O) groups is 3. The molecule has 3 aromatic rings. The van der Waals surface area contributed by atoms with E-state index in [1.165, 1.54) is 9.58 Å². The Balaban J connectivity index is 1.41. The standard InChI is InChI=1S/C27H28N4O5/c1-36-22-6-2-18(3-7-22)16-30-25(33)9-8-24(27(30)35)31-26(34)23-14-21(5-4-20(23)15-28-31)29-12-10-19(17-32)11-13-29/h2-7,14-15,17,19,24H,8-13,16H2,1H3. The third-order valence-corrected chi connectivity index (χ3v) is 7.17. The Bertz CT molecular complexity index is 1360. The van der Waals surface area contributed by atoms with Crippen LogP contribution in [0.1, 0.15) is 37.3 Å². The molecule has 1 atom stereocenters. The van der Waals surface area contributed by atoms with Gasteiger partial charge in [0.25, 0.3) is 11.5 Å². The average Bonchev–Trinajstić information content (AvgIpc) is 2.92. The maximum Gasteiger partial charge on any atom is 0.275 e. The number of benzene rings is 2. The van der Waals surface area contributed by atoms with Gasteiger partial charge in [0.1, 0.15) is 18.1 Å². The first-order chi connectivity index (χ1) is 17.5. The Morgan fingerprint density at radius 3 is 2.47 bits per heavy atom. The van der Waals surface area contributed by atoms with Crippen molar-refractivity contribution in [2.24, 2.45) is 5.92 Å². The largest absolute Gasteiger partial charge is 0.497 e. The highest BCUT2D eigenvalue weighted by Crippen LogP contribution is 2.27. The number of fused-ring (bicyclic) bond motifs is 1. The lowest BCUT2D eigenvalue weighted by atomic mass is 9.98. The second kappa shape index (κ2) is 9.93. The van der Waals surface area contributed by atoms with Gasteiger partial charge in [-0.3, -0.25) is 19.3 Å². The minimum atomic E-state index is -0.843. The van der Waals surface area contributed by atoms with Crippen LogP contribution in [-0.2, 0) is 20.9 Å². The Morgan fingerprint density at radius 1 is 1.03 bits per heavy atom. The zero-order valence-corrected chi connectivity index (χ0v) is 20.1. The normalized spacial score (nSPS) is 19.1. The number of piperidine rings is 2. The fourth-order valence-electron chi connectivity index (χ4n) is 4.98. The molecule has 36 heavy (non-hydrogen) atoms. The van der Waals surface area contributed by atoms with E-state index in [0.29, 0.717) is 16.5 Å². The molecule has 9 heteroatoms. The molecular weight excluding hydrogens is 460 g/mol. The highest BCUT2D eigenvalue weighted by molar-refractivity contribution is 5.99. The average molecular weight is 489 g/mol. The smallest absolute Gasteiger partial charge is 0.275 e. The van der Waals surface area contributed by atoms with Crippen LogP contribution in [0.5, 0.6) is 5.75 Å². The zero-order valence-electron chi connectivity index (χ0n) is 20.1. The SMILES string of the molecule is COc1ccc(CN2C(=O)CCC(n3ncc4ccc(N5CCC(C=O)CC5)cc4c3=O)C2=O)cc1. The van der Waals surface area contributed by atoms with Crippen LogP contribution in [0.2, 0.25) is 0 Å². The first-order valence-corrected chi connectivity index (χ1v) is 12.2. The third-order valence-electron chi connectivity index (χ3n) is 7.17. The van der Waals surface area contributed by atoms with Crippen molar-refractivity contribution in [3.05, 3.63) is 64.6 Å². The van der Waals surface area contributed by atoms with E-state index in [2.05, 4.69) is 10.00 Å². The van der Waals surface area contributed by atoms with E-state index in [1.807, 2.05) is 30.3 Å². The molecule has 3 heterocycles. The molecule has 0 spiro atoms. The molecule has 0 radical (unpaired) electrons. The van der Waals surface area contributed by atoms with E-state index in [-0.39, 0.29) is 36.8 Å². The number of aldehydes is 1. The van der Waals surface area contributed by atoms with E-state index in [0.717, 1.165) is 43.5 Å². The van der Waals surface area contributed by atoms with Gasteiger partial charge >= 0.3 is 0 Å². The van der Waals surface area contributed by atoms with Gasteiger partial charge in [-0.25, -0.2) is 4.68 Å². The summed E-state index contributed by atoms with van der Waals surface area (Å²) >= 11 is 0. The summed E-state index contributed by atoms with van der Waals surface area (Å²) in [5, 5.41) is 5.48. The molecule has 0 N–H and O–H groups in total. The number of hydrogen-bond donors (Lipinski definition) is 0. The summed E-state index contributed by atoms with van der Waals surface area (Å²) in [5.41, 5.74) is 1.35. The number of methoxy groups -OCH3 is 1. The maximum absolute atomic E-state index is 13.5. The number of aromatic nitrogens is 2. The Hall–Kier alpha value is -4.01. The lowest BCUT2D eigenvalue weighted by Gasteiger charge is -2.32. The van der Waals surface area contributed by atoms with Gasteiger partial charge in [0.05, 0.1) is 25.2 Å². The summed E-state index contributed by atoms with van der Waals surface area (Å²) < 4.78 is 6.39. The first-order valence-electron chi connectivity index (χ1n) is 12.2. The van der Waals surface area contributed by atoms with Gasteiger partial charge in [-0.1, -0.05) is 18.2 Å². The molecule has 1 aromatic heterocycles. The first kappa shape index (κ1) is 23.7. The number of hydrogen-bond acceptors (Lipinski definition) is 7. The topological polar surface area (TPSA) is 102 Å². The van der Waals surface area contributed by atoms with E-state index in [9.17, 15) is 19.2 Å². The van der Waals surface area contributed by atoms with Crippen LogP contribution in [0.15, 0.2) is 53.5 Å². The van der Waals surface area contributed by atoms with Crippen molar-refractivity contribution in [1.82, 2.24) is 14.7 Å². The molecule has 2 aliphatic heterocycles. The van der Waals surface area contributed by atoms with Gasteiger partial charge in [0, 0.05) is 36.5 Å². The molecular formula is C27H28N4O5. The predicted molar refractivity (Wildman–Crippen MR) is 134 cm³/mol. The van der Waals surface area contributed by atoms with Crippen molar-refractivity contribution in [3.63, 3.8) is 0 Å². The molecule has 2 aromatic carbocycles. The summed E-state index contributed by atoms with van der Waals surface area (Å²) in [4.78, 5) is 53.9. The summed E-state index contributed by atoms with van der Waals surface area (Å²) in [6, 6.07) is 12.0. The van der Waals surface area contributed by atoms with Crippen LogP contribution in [0.25, 0.3) is 10.8 Å². The van der Waals surface area contributed by atoms with Crippen molar-refractivity contribution in [3.8, 4) is 5.75 Å². The van der Waals surface area contributed by atoms with Crippen LogP contribution in [-0.4, -0.2) is 53.0 Å². The molecule has 0 saturated carbocycles. The van der Waals surface area contributed by atoms with Crippen molar-refractivity contribution in [1.29, 1.82) is 0 Å². The highest BCUT2D eigenvalue weighted by atomic mass is 16.5. The number of likely N-dealkylation sites (tertiary alicyclic amines) is 1. The molecule has 1 unspecified atom stereocenters. The van der Waals surface area contributed by atoms with Crippen molar-refractivity contribution >= 4 is 34.6 Å². The lowest BCUT2D eigenvalue weighted by molar-refractivity contribution is -0.152. The molecule has 2 amide bonds. The number of carbonyl (C=O) groups excluding carboxylic acids is 3. The van der Waals surface area contributed by atoms with E-state index in [1.54, 1.807) is 25.4 Å². The quantitative estimate of drug-likeness (QED) is 0.388. The van der Waals surface area contributed by atoms with Gasteiger partial charge in [0.2, 0.25) is 5.91 Å². The van der Waals surface area contributed by atoms with Gasteiger partial charge in [-0.15, -0.1) is 0 Å². The summed E-state index contributed by atoms with van der Waals surface area (Å²) in [7, 11) is 1.57.